The Balaban J connectivity index is 2.27. The highest BCUT2D eigenvalue weighted by Gasteiger charge is 2.15. The topological polar surface area (TPSA) is 57.4 Å². The van der Waals surface area contributed by atoms with E-state index >= 15 is 0 Å². The van der Waals surface area contributed by atoms with Crippen molar-refractivity contribution >= 4 is 22.9 Å². The second-order valence-corrected chi connectivity index (χ2v) is 5.36. The van der Waals surface area contributed by atoms with Crippen LogP contribution in [0.1, 0.15) is 16.6 Å². The van der Waals surface area contributed by atoms with E-state index in [9.17, 15) is 0 Å². The average molecular weight is 299 g/mol. The van der Waals surface area contributed by atoms with Crippen LogP contribution in [-0.2, 0) is 6.42 Å². The SMILES string of the molecule is COc1cc(C(N)Cc2nccs2)cc(Cl)c1OC. The van der Waals surface area contributed by atoms with Gasteiger partial charge in [-0.05, 0) is 17.7 Å². The minimum Gasteiger partial charge on any atom is -0.493 e. The van der Waals surface area contributed by atoms with Gasteiger partial charge in [0.15, 0.2) is 11.5 Å². The van der Waals surface area contributed by atoms with Gasteiger partial charge < -0.3 is 15.2 Å². The third-order valence-corrected chi connectivity index (χ3v) is 3.84. The van der Waals surface area contributed by atoms with Crippen molar-refractivity contribution < 1.29 is 9.47 Å². The molecule has 1 atom stereocenters. The fourth-order valence-electron chi connectivity index (χ4n) is 1.81. The summed E-state index contributed by atoms with van der Waals surface area (Å²) in [5.41, 5.74) is 7.08. The Morgan fingerprint density at radius 3 is 2.74 bits per heavy atom. The van der Waals surface area contributed by atoms with Crippen molar-refractivity contribution in [2.24, 2.45) is 5.73 Å². The highest BCUT2D eigenvalue weighted by Crippen LogP contribution is 2.37. The van der Waals surface area contributed by atoms with Crippen molar-refractivity contribution in [3.63, 3.8) is 0 Å². The Kier molecular flexibility index (Phi) is 4.63. The zero-order valence-electron chi connectivity index (χ0n) is 10.7. The minimum atomic E-state index is -0.177. The van der Waals surface area contributed by atoms with Crippen molar-refractivity contribution in [3.8, 4) is 11.5 Å². The predicted octanol–water partition coefficient (Wildman–Crippen LogP) is 3.06. The molecule has 1 aromatic carbocycles. The highest BCUT2D eigenvalue weighted by atomic mass is 35.5. The largest absolute Gasteiger partial charge is 0.493 e. The van der Waals surface area contributed by atoms with Gasteiger partial charge in [-0.15, -0.1) is 11.3 Å². The Morgan fingerprint density at radius 1 is 1.37 bits per heavy atom. The second-order valence-electron chi connectivity index (χ2n) is 3.97. The third kappa shape index (κ3) is 3.18. The molecule has 1 unspecified atom stereocenters. The first kappa shape index (κ1) is 14.1. The van der Waals surface area contributed by atoms with Gasteiger partial charge in [0.25, 0.3) is 0 Å². The molecule has 19 heavy (non-hydrogen) atoms. The molecule has 0 aliphatic heterocycles. The minimum absolute atomic E-state index is 0.177. The summed E-state index contributed by atoms with van der Waals surface area (Å²) in [6, 6.07) is 3.48. The van der Waals surface area contributed by atoms with Gasteiger partial charge in [-0.1, -0.05) is 11.6 Å². The smallest absolute Gasteiger partial charge is 0.179 e. The lowest BCUT2D eigenvalue weighted by molar-refractivity contribution is 0.354. The van der Waals surface area contributed by atoms with Crippen LogP contribution in [0.4, 0.5) is 0 Å². The van der Waals surface area contributed by atoms with E-state index in [1.165, 1.54) is 0 Å². The molecule has 0 radical (unpaired) electrons. The molecule has 0 amide bonds. The number of methoxy groups -OCH3 is 2. The molecule has 0 fully saturated rings. The zero-order valence-corrected chi connectivity index (χ0v) is 12.3. The number of benzene rings is 1. The second kappa shape index (κ2) is 6.23. The first-order valence-corrected chi connectivity index (χ1v) is 6.96. The maximum absolute atomic E-state index is 6.18. The van der Waals surface area contributed by atoms with Crippen molar-refractivity contribution in [3.05, 3.63) is 39.3 Å². The van der Waals surface area contributed by atoms with Crippen molar-refractivity contribution in [2.45, 2.75) is 12.5 Å². The first-order chi connectivity index (χ1) is 9.15. The number of aromatic nitrogens is 1. The average Bonchev–Trinajstić information content (AvgIpc) is 2.90. The van der Waals surface area contributed by atoms with Crippen LogP contribution in [-0.4, -0.2) is 19.2 Å². The molecule has 0 spiro atoms. The van der Waals surface area contributed by atoms with Crippen LogP contribution in [0.5, 0.6) is 11.5 Å². The van der Waals surface area contributed by atoms with E-state index in [1.807, 2.05) is 11.4 Å². The molecular weight excluding hydrogens is 284 g/mol. The third-order valence-electron chi connectivity index (χ3n) is 2.76. The summed E-state index contributed by atoms with van der Waals surface area (Å²) in [5.74, 6) is 1.11. The molecule has 6 heteroatoms. The summed E-state index contributed by atoms with van der Waals surface area (Å²) in [7, 11) is 3.13. The Morgan fingerprint density at radius 2 is 2.16 bits per heavy atom. The lowest BCUT2D eigenvalue weighted by atomic mass is 10.0. The van der Waals surface area contributed by atoms with Crippen LogP contribution in [0.25, 0.3) is 0 Å². The summed E-state index contributed by atoms with van der Waals surface area (Å²) in [5, 5.41) is 3.42. The summed E-state index contributed by atoms with van der Waals surface area (Å²) in [6.07, 6.45) is 2.44. The predicted molar refractivity (Wildman–Crippen MR) is 77.3 cm³/mol. The Bertz CT molecular complexity index is 546. The number of ether oxygens (including phenoxy) is 2. The Hall–Kier alpha value is -1.30. The van der Waals surface area contributed by atoms with E-state index in [1.54, 1.807) is 37.8 Å². The van der Waals surface area contributed by atoms with E-state index in [-0.39, 0.29) is 6.04 Å². The molecule has 0 bridgehead atoms. The van der Waals surface area contributed by atoms with E-state index in [2.05, 4.69) is 4.98 Å². The molecule has 0 saturated heterocycles. The Labute approximate surface area is 121 Å². The van der Waals surface area contributed by atoms with Gasteiger partial charge >= 0.3 is 0 Å². The molecule has 0 aliphatic rings. The van der Waals surface area contributed by atoms with E-state index < -0.39 is 0 Å². The van der Waals surface area contributed by atoms with Gasteiger partial charge in [0, 0.05) is 24.0 Å². The van der Waals surface area contributed by atoms with Crippen LogP contribution >= 0.6 is 22.9 Å². The van der Waals surface area contributed by atoms with E-state index in [0.29, 0.717) is 22.9 Å². The number of thiazole rings is 1. The summed E-state index contributed by atoms with van der Waals surface area (Å²) < 4.78 is 10.5. The van der Waals surface area contributed by atoms with Crippen molar-refractivity contribution in [1.29, 1.82) is 0 Å². The number of nitrogens with zero attached hydrogens (tertiary/aromatic N) is 1. The molecule has 0 saturated carbocycles. The van der Waals surface area contributed by atoms with Crippen LogP contribution < -0.4 is 15.2 Å². The van der Waals surface area contributed by atoms with Gasteiger partial charge in [-0.2, -0.15) is 0 Å². The zero-order chi connectivity index (χ0) is 13.8. The van der Waals surface area contributed by atoms with E-state index in [0.717, 1.165) is 10.6 Å². The molecule has 102 valence electrons. The summed E-state index contributed by atoms with van der Waals surface area (Å²) in [6.45, 7) is 0. The monoisotopic (exact) mass is 298 g/mol. The van der Waals surface area contributed by atoms with Crippen LogP contribution in [0, 0.1) is 0 Å². The standard InChI is InChI=1S/C13H15ClN2O2S/c1-17-11-6-8(5-9(14)13(11)18-2)10(15)7-12-16-3-4-19-12/h3-6,10H,7,15H2,1-2H3. The van der Waals surface area contributed by atoms with E-state index in [4.69, 9.17) is 26.8 Å². The maximum atomic E-state index is 6.18. The molecule has 0 aliphatic carbocycles. The van der Waals surface area contributed by atoms with Gasteiger partial charge in [-0.3, -0.25) is 0 Å². The van der Waals surface area contributed by atoms with Gasteiger partial charge in [0.05, 0.1) is 24.2 Å². The highest BCUT2D eigenvalue weighted by molar-refractivity contribution is 7.09. The number of nitrogens with two attached hydrogens (primary N) is 1. The number of hydrogen-bond donors (Lipinski definition) is 1. The normalized spacial score (nSPS) is 12.2. The lowest BCUT2D eigenvalue weighted by Crippen LogP contribution is -2.13. The number of hydrogen-bond acceptors (Lipinski definition) is 5. The van der Waals surface area contributed by atoms with Crippen LogP contribution in [0.15, 0.2) is 23.7 Å². The quantitative estimate of drug-likeness (QED) is 0.922. The first-order valence-electron chi connectivity index (χ1n) is 5.71. The van der Waals surface area contributed by atoms with Gasteiger partial charge in [0.1, 0.15) is 0 Å². The van der Waals surface area contributed by atoms with Crippen molar-refractivity contribution in [1.82, 2.24) is 4.98 Å². The molecule has 1 aromatic heterocycles. The maximum Gasteiger partial charge on any atom is 0.179 e. The molecular formula is C13H15ClN2O2S. The van der Waals surface area contributed by atoms with Crippen LogP contribution in [0.2, 0.25) is 5.02 Å². The number of halogens is 1. The van der Waals surface area contributed by atoms with Gasteiger partial charge in [0.2, 0.25) is 0 Å². The fourth-order valence-corrected chi connectivity index (χ4v) is 2.78. The molecule has 2 aromatic rings. The summed E-state index contributed by atoms with van der Waals surface area (Å²) >= 11 is 7.75. The molecule has 2 rings (SSSR count). The molecule has 2 N–H and O–H groups in total. The molecule has 1 heterocycles. The number of rotatable bonds is 5. The van der Waals surface area contributed by atoms with Crippen LogP contribution in [0.3, 0.4) is 0 Å². The van der Waals surface area contributed by atoms with Crippen molar-refractivity contribution in [2.75, 3.05) is 14.2 Å². The van der Waals surface area contributed by atoms with Gasteiger partial charge in [-0.25, -0.2) is 4.98 Å². The lowest BCUT2D eigenvalue weighted by Gasteiger charge is -2.15. The summed E-state index contributed by atoms with van der Waals surface area (Å²) in [4.78, 5) is 4.23. The molecule has 4 nitrogen and oxygen atoms in total. The fraction of sp³-hybridized carbons (Fsp3) is 0.308.